The second kappa shape index (κ2) is 3.92. The third-order valence-electron chi connectivity index (χ3n) is 2.53. The van der Waals surface area contributed by atoms with Gasteiger partial charge in [-0.15, -0.1) is 0 Å². The number of aromatic amines is 1. The van der Waals surface area contributed by atoms with Gasteiger partial charge < -0.3 is 10.7 Å². The van der Waals surface area contributed by atoms with E-state index in [1.54, 1.807) is 6.20 Å². The number of hydrogen-bond donors (Lipinski definition) is 2. The molecule has 0 aliphatic carbocycles. The number of hydrogen-bond acceptors (Lipinski definition) is 3. The molecule has 0 unspecified atom stereocenters. The Kier molecular flexibility index (Phi) is 2.73. The lowest BCUT2D eigenvalue weighted by Gasteiger charge is -2.00. The van der Waals surface area contributed by atoms with Gasteiger partial charge in [-0.25, -0.2) is 8.42 Å². The highest BCUT2D eigenvalue weighted by Crippen LogP contribution is 2.22. The molecule has 0 amide bonds. The first kappa shape index (κ1) is 11.2. The second-order valence-corrected chi connectivity index (χ2v) is 6.07. The molecule has 1 heterocycles. The van der Waals surface area contributed by atoms with Gasteiger partial charge in [0.15, 0.2) is 9.84 Å². The van der Waals surface area contributed by atoms with E-state index in [1.165, 1.54) is 6.26 Å². The number of nitrogens with one attached hydrogen (secondary N) is 1. The molecule has 16 heavy (non-hydrogen) atoms. The van der Waals surface area contributed by atoms with E-state index >= 15 is 0 Å². The van der Waals surface area contributed by atoms with Crippen LogP contribution in [0.3, 0.4) is 0 Å². The van der Waals surface area contributed by atoms with Crippen molar-refractivity contribution >= 4 is 20.7 Å². The van der Waals surface area contributed by atoms with E-state index in [9.17, 15) is 8.42 Å². The van der Waals surface area contributed by atoms with Gasteiger partial charge in [-0.1, -0.05) is 18.2 Å². The van der Waals surface area contributed by atoms with Crippen LogP contribution >= 0.6 is 0 Å². The molecule has 86 valence electrons. The summed E-state index contributed by atoms with van der Waals surface area (Å²) < 4.78 is 22.5. The number of para-hydroxylation sites is 1. The maximum atomic E-state index is 11.3. The van der Waals surface area contributed by atoms with Crippen molar-refractivity contribution in [2.75, 3.05) is 6.26 Å². The Hall–Kier alpha value is -1.33. The van der Waals surface area contributed by atoms with Gasteiger partial charge in [0, 0.05) is 24.4 Å². The average molecular weight is 238 g/mol. The molecule has 0 bridgehead atoms. The first-order valence-electron chi connectivity index (χ1n) is 4.97. The molecule has 3 N–H and O–H groups in total. The summed E-state index contributed by atoms with van der Waals surface area (Å²) in [4.78, 5) is 3.09. The highest BCUT2D eigenvalue weighted by molar-refractivity contribution is 7.89. The first-order valence-corrected chi connectivity index (χ1v) is 7.03. The molecule has 1 aromatic heterocycles. The summed E-state index contributed by atoms with van der Waals surface area (Å²) in [7, 11) is -3.01. The summed E-state index contributed by atoms with van der Waals surface area (Å²) in [5, 5.41) is 0.938. The first-order chi connectivity index (χ1) is 7.51. The molecule has 4 nitrogen and oxygen atoms in total. The predicted octanol–water partition coefficient (Wildman–Crippen LogP) is 1.17. The molecular formula is C11H14N2O2S. The number of rotatable bonds is 3. The van der Waals surface area contributed by atoms with Crippen LogP contribution in [0.4, 0.5) is 0 Å². The maximum Gasteiger partial charge on any atom is 0.151 e. The fraction of sp³-hybridized carbons (Fsp3) is 0.273. The van der Waals surface area contributed by atoms with Crippen molar-refractivity contribution in [2.24, 2.45) is 5.73 Å². The van der Waals surface area contributed by atoms with Crippen LogP contribution in [0.25, 0.3) is 10.9 Å². The number of nitrogens with two attached hydrogens (primary N) is 1. The van der Waals surface area contributed by atoms with Gasteiger partial charge in [-0.3, -0.25) is 0 Å². The minimum absolute atomic E-state index is 0.0566. The highest BCUT2D eigenvalue weighted by Gasteiger charge is 2.11. The van der Waals surface area contributed by atoms with E-state index in [0.29, 0.717) is 6.54 Å². The number of benzene rings is 1. The molecule has 2 aromatic rings. The van der Waals surface area contributed by atoms with Crippen LogP contribution in [0.5, 0.6) is 0 Å². The predicted molar refractivity (Wildman–Crippen MR) is 64.7 cm³/mol. The van der Waals surface area contributed by atoms with Crippen LogP contribution in [-0.2, 0) is 22.1 Å². The van der Waals surface area contributed by atoms with Gasteiger partial charge in [0.25, 0.3) is 0 Å². The number of sulfone groups is 1. The average Bonchev–Trinajstić information content (AvgIpc) is 2.59. The van der Waals surface area contributed by atoms with E-state index in [2.05, 4.69) is 4.98 Å². The van der Waals surface area contributed by atoms with E-state index in [-0.39, 0.29) is 5.75 Å². The third kappa shape index (κ3) is 2.10. The van der Waals surface area contributed by atoms with Crippen LogP contribution in [0, 0.1) is 0 Å². The molecule has 0 fully saturated rings. The van der Waals surface area contributed by atoms with E-state index < -0.39 is 9.84 Å². The molecule has 0 aliphatic heterocycles. The molecule has 0 spiro atoms. The van der Waals surface area contributed by atoms with Crippen molar-refractivity contribution in [1.82, 2.24) is 4.98 Å². The minimum atomic E-state index is -3.01. The molecule has 0 radical (unpaired) electrons. The Morgan fingerprint density at radius 2 is 2.06 bits per heavy atom. The van der Waals surface area contributed by atoms with Gasteiger partial charge in [0.2, 0.25) is 0 Å². The molecule has 0 saturated carbocycles. The minimum Gasteiger partial charge on any atom is -0.361 e. The molecule has 0 saturated heterocycles. The number of H-pyrrole nitrogens is 1. The lowest BCUT2D eigenvalue weighted by Crippen LogP contribution is -2.00. The highest BCUT2D eigenvalue weighted by atomic mass is 32.2. The number of aromatic nitrogens is 1. The van der Waals surface area contributed by atoms with Gasteiger partial charge in [-0.2, -0.15) is 0 Å². The van der Waals surface area contributed by atoms with Gasteiger partial charge in [0.1, 0.15) is 0 Å². The smallest absolute Gasteiger partial charge is 0.151 e. The molecule has 0 aliphatic rings. The molecule has 1 aromatic carbocycles. The molecule has 0 atom stereocenters. The van der Waals surface area contributed by atoms with Crippen LogP contribution in [-0.4, -0.2) is 19.7 Å². The normalized spacial score (nSPS) is 12.1. The standard InChI is InChI=1S/C11H14N2O2S/c1-16(14,15)7-9-6-13-11-8(5-12)3-2-4-10(9)11/h2-4,6,13H,5,7,12H2,1H3. The fourth-order valence-electron chi connectivity index (χ4n) is 1.85. The zero-order valence-electron chi connectivity index (χ0n) is 9.03. The zero-order valence-corrected chi connectivity index (χ0v) is 9.84. The monoisotopic (exact) mass is 238 g/mol. The summed E-state index contributed by atoms with van der Waals surface area (Å²) in [6.07, 6.45) is 2.98. The van der Waals surface area contributed by atoms with Crippen molar-refractivity contribution in [1.29, 1.82) is 0 Å². The van der Waals surface area contributed by atoms with Crippen molar-refractivity contribution in [3.63, 3.8) is 0 Å². The van der Waals surface area contributed by atoms with Crippen molar-refractivity contribution in [3.8, 4) is 0 Å². The summed E-state index contributed by atoms with van der Waals surface area (Å²) in [5.74, 6) is 0.0566. The van der Waals surface area contributed by atoms with E-state index in [4.69, 9.17) is 5.73 Å². The SMILES string of the molecule is CS(=O)(=O)Cc1c[nH]c2c(CN)cccc12. The van der Waals surface area contributed by atoms with Crippen LogP contribution in [0.2, 0.25) is 0 Å². The topological polar surface area (TPSA) is 76.0 Å². The Balaban J connectivity index is 2.58. The third-order valence-corrected chi connectivity index (χ3v) is 3.36. The van der Waals surface area contributed by atoms with Crippen molar-refractivity contribution in [2.45, 2.75) is 12.3 Å². The summed E-state index contributed by atoms with van der Waals surface area (Å²) in [6.45, 7) is 0.441. The largest absolute Gasteiger partial charge is 0.361 e. The van der Waals surface area contributed by atoms with E-state index in [0.717, 1.165) is 22.0 Å². The van der Waals surface area contributed by atoms with Crippen LogP contribution in [0.15, 0.2) is 24.4 Å². The molecule has 5 heteroatoms. The second-order valence-electron chi connectivity index (χ2n) is 3.93. The summed E-state index contributed by atoms with van der Waals surface area (Å²) in [5.41, 5.74) is 8.34. The van der Waals surface area contributed by atoms with Crippen LogP contribution < -0.4 is 5.73 Å². The van der Waals surface area contributed by atoms with Gasteiger partial charge >= 0.3 is 0 Å². The Morgan fingerprint density at radius 3 is 2.69 bits per heavy atom. The zero-order chi connectivity index (χ0) is 11.8. The summed E-state index contributed by atoms with van der Waals surface area (Å²) >= 11 is 0. The Bertz CT molecular complexity index is 614. The Labute approximate surface area is 94.4 Å². The molecule has 2 rings (SSSR count). The van der Waals surface area contributed by atoms with Crippen molar-refractivity contribution < 1.29 is 8.42 Å². The maximum absolute atomic E-state index is 11.3. The van der Waals surface area contributed by atoms with Crippen molar-refractivity contribution in [3.05, 3.63) is 35.5 Å². The number of fused-ring (bicyclic) bond motifs is 1. The van der Waals surface area contributed by atoms with Gasteiger partial charge in [-0.05, 0) is 11.1 Å². The van der Waals surface area contributed by atoms with Gasteiger partial charge in [0.05, 0.1) is 11.3 Å². The van der Waals surface area contributed by atoms with E-state index in [1.807, 2.05) is 18.2 Å². The Morgan fingerprint density at radius 1 is 1.31 bits per heavy atom. The summed E-state index contributed by atoms with van der Waals surface area (Å²) in [6, 6.07) is 5.73. The molecular weight excluding hydrogens is 224 g/mol. The quantitative estimate of drug-likeness (QED) is 0.842. The lowest BCUT2D eigenvalue weighted by atomic mass is 10.1. The van der Waals surface area contributed by atoms with Crippen LogP contribution in [0.1, 0.15) is 11.1 Å². The lowest BCUT2D eigenvalue weighted by molar-refractivity contribution is 0.601. The fourth-order valence-corrected chi connectivity index (χ4v) is 2.65.